The lowest BCUT2D eigenvalue weighted by atomic mass is 9.66. The van der Waals surface area contributed by atoms with Crippen molar-refractivity contribution < 1.29 is 4.79 Å². The van der Waals surface area contributed by atoms with Gasteiger partial charge in [0.1, 0.15) is 5.78 Å². The number of carbonyl (C=O) groups is 1. The van der Waals surface area contributed by atoms with Gasteiger partial charge in [0, 0.05) is 5.92 Å². The van der Waals surface area contributed by atoms with E-state index in [1.54, 1.807) is 0 Å². The first-order chi connectivity index (χ1) is 8.75. The predicted octanol–water partition coefficient (Wildman–Crippen LogP) is 4.63. The first kappa shape index (κ1) is 14.3. The van der Waals surface area contributed by atoms with Crippen molar-refractivity contribution in [3.8, 4) is 0 Å². The summed E-state index contributed by atoms with van der Waals surface area (Å²) in [4.78, 5) is 12.5. The van der Waals surface area contributed by atoms with Crippen molar-refractivity contribution in [3.63, 3.8) is 0 Å². The molecule has 0 amide bonds. The van der Waals surface area contributed by atoms with Crippen LogP contribution in [0.5, 0.6) is 0 Å². The SMILES string of the molecule is CC1CCCC(C)(c2ccc(C(C)(C)C)cc2)C1=O. The fourth-order valence-electron chi connectivity index (χ4n) is 3.18. The Bertz CT molecular complexity index is 463. The van der Waals surface area contributed by atoms with E-state index in [1.807, 2.05) is 0 Å². The second-order valence-electron chi connectivity index (χ2n) is 7.32. The fourth-order valence-corrected chi connectivity index (χ4v) is 3.18. The lowest BCUT2D eigenvalue weighted by Crippen LogP contribution is -2.40. The third-order valence-corrected chi connectivity index (χ3v) is 4.69. The zero-order valence-corrected chi connectivity index (χ0v) is 12.9. The number of Topliss-reactive ketones (excluding diaryl/α,β-unsaturated/α-hetero) is 1. The van der Waals surface area contributed by atoms with Crippen LogP contribution in [-0.4, -0.2) is 5.78 Å². The molecule has 1 aliphatic carbocycles. The van der Waals surface area contributed by atoms with Crippen molar-refractivity contribution in [3.05, 3.63) is 35.4 Å². The molecule has 2 unspecified atom stereocenters. The average Bonchev–Trinajstić information content (AvgIpc) is 2.35. The van der Waals surface area contributed by atoms with Crippen LogP contribution in [0.25, 0.3) is 0 Å². The topological polar surface area (TPSA) is 17.1 Å². The lowest BCUT2D eigenvalue weighted by Gasteiger charge is -2.36. The van der Waals surface area contributed by atoms with Gasteiger partial charge in [-0.2, -0.15) is 0 Å². The Balaban J connectivity index is 2.33. The third kappa shape index (κ3) is 2.61. The van der Waals surface area contributed by atoms with Gasteiger partial charge in [0.15, 0.2) is 0 Å². The van der Waals surface area contributed by atoms with Gasteiger partial charge in [0.2, 0.25) is 0 Å². The van der Waals surface area contributed by atoms with Crippen LogP contribution in [0, 0.1) is 5.92 Å². The van der Waals surface area contributed by atoms with Crippen LogP contribution in [0.15, 0.2) is 24.3 Å². The van der Waals surface area contributed by atoms with Gasteiger partial charge in [-0.3, -0.25) is 4.79 Å². The van der Waals surface area contributed by atoms with Crippen LogP contribution in [0.4, 0.5) is 0 Å². The molecule has 0 aromatic heterocycles. The average molecular weight is 258 g/mol. The highest BCUT2D eigenvalue weighted by atomic mass is 16.1. The molecule has 0 saturated heterocycles. The summed E-state index contributed by atoms with van der Waals surface area (Å²) in [7, 11) is 0. The van der Waals surface area contributed by atoms with Crippen molar-refractivity contribution in [2.24, 2.45) is 5.92 Å². The minimum atomic E-state index is -0.270. The number of hydrogen-bond acceptors (Lipinski definition) is 1. The Morgan fingerprint density at radius 3 is 2.26 bits per heavy atom. The smallest absolute Gasteiger partial charge is 0.145 e. The first-order valence-corrected chi connectivity index (χ1v) is 7.40. The molecular weight excluding hydrogens is 232 g/mol. The maximum Gasteiger partial charge on any atom is 0.145 e. The standard InChI is InChI=1S/C18H26O/c1-13-7-6-12-18(5,16(13)19)15-10-8-14(9-11-15)17(2,3)4/h8-11,13H,6-7,12H2,1-5H3. The molecule has 0 radical (unpaired) electrons. The van der Waals surface area contributed by atoms with Crippen LogP contribution in [-0.2, 0) is 15.6 Å². The molecule has 2 atom stereocenters. The van der Waals surface area contributed by atoms with E-state index in [0.29, 0.717) is 5.78 Å². The number of benzene rings is 1. The number of ketones is 1. The summed E-state index contributed by atoms with van der Waals surface area (Å²) in [5.74, 6) is 0.628. The van der Waals surface area contributed by atoms with Gasteiger partial charge in [-0.15, -0.1) is 0 Å². The summed E-state index contributed by atoms with van der Waals surface area (Å²) < 4.78 is 0. The maximum atomic E-state index is 12.5. The summed E-state index contributed by atoms with van der Waals surface area (Å²) in [5, 5.41) is 0. The fraction of sp³-hybridized carbons (Fsp3) is 0.611. The lowest BCUT2D eigenvalue weighted by molar-refractivity contribution is -0.129. The van der Waals surface area contributed by atoms with E-state index in [-0.39, 0.29) is 16.7 Å². The van der Waals surface area contributed by atoms with E-state index in [2.05, 4.69) is 58.9 Å². The van der Waals surface area contributed by atoms with Crippen molar-refractivity contribution >= 4 is 5.78 Å². The predicted molar refractivity (Wildman–Crippen MR) is 80.5 cm³/mol. The second kappa shape index (κ2) is 4.77. The molecule has 0 aliphatic heterocycles. The molecule has 0 bridgehead atoms. The van der Waals surface area contributed by atoms with Crippen molar-refractivity contribution in [2.75, 3.05) is 0 Å². The zero-order valence-electron chi connectivity index (χ0n) is 12.9. The maximum absolute atomic E-state index is 12.5. The zero-order chi connectivity index (χ0) is 14.3. The highest BCUT2D eigenvalue weighted by Crippen LogP contribution is 2.39. The molecule has 2 rings (SSSR count). The summed E-state index contributed by atoms with van der Waals surface area (Å²) in [6.45, 7) is 10.9. The van der Waals surface area contributed by atoms with E-state index in [4.69, 9.17) is 0 Å². The summed E-state index contributed by atoms with van der Waals surface area (Å²) in [5.41, 5.74) is 2.42. The highest BCUT2D eigenvalue weighted by Gasteiger charge is 2.40. The molecule has 19 heavy (non-hydrogen) atoms. The van der Waals surface area contributed by atoms with E-state index in [9.17, 15) is 4.79 Å². The number of hydrogen-bond donors (Lipinski definition) is 0. The number of carbonyl (C=O) groups excluding carboxylic acids is 1. The molecule has 1 saturated carbocycles. The Morgan fingerprint density at radius 1 is 1.16 bits per heavy atom. The van der Waals surface area contributed by atoms with E-state index < -0.39 is 0 Å². The van der Waals surface area contributed by atoms with Gasteiger partial charge in [-0.05, 0) is 36.3 Å². The quantitative estimate of drug-likeness (QED) is 0.717. The van der Waals surface area contributed by atoms with Gasteiger partial charge in [0.25, 0.3) is 0 Å². The summed E-state index contributed by atoms with van der Waals surface area (Å²) >= 11 is 0. The molecule has 0 heterocycles. The van der Waals surface area contributed by atoms with Crippen LogP contribution >= 0.6 is 0 Å². The largest absolute Gasteiger partial charge is 0.298 e. The monoisotopic (exact) mass is 258 g/mol. The van der Waals surface area contributed by atoms with Gasteiger partial charge >= 0.3 is 0 Å². The molecule has 0 spiro atoms. The normalized spacial score (nSPS) is 28.5. The van der Waals surface area contributed by atoms with Crippen molar-refractivity contribution in [1.82, 2.24) is 0 Å². The Hall–Kier alpha value is -1.11. The van der Waals surface area contributed by atoms with Gasteiger partial charge in [-0.1, -0.05) is 58.4 Å². The van der Waals surface area contributed by atoms with Crippen LogP contribution in [0.2, 0.25) is 0 Å². The Kier molecular flexibility index (Phi) is 3.59. The molecule has 1 aromatic carbocycles. The highest BCUT2D eigenvalue weighted by molar-refractivity contribution is 5.92. The number of rotatable bonds is 1. The van der Waals surface area contributed by atoms with Crippen LogP contribution < -0.4 is 0 Å². The minimum absolute atomic E-state index is 0.170. The Labute approximate surface area is 117 Å². The molecular formula is C18H26O. The Morgan fingerprint density at radius 2 is 1.74 bits per heavy atom. The molecule has 1 heteroatoms. The van der Waals surface area contributed by atoms with Crippen molar-refractivity contribution in [1.29, 1.82) is 0 Å². The molecule has 104 valence electrons. The molecule has 1 aromatic rings. The minimum Gasteiger partial charge on any atom is -0.298 e. The third-order valence-electron chi connectivity index (χ3n) is 4.69. The van der Waals surface area contributed by atoms with Gasteiger partial charge in [0.05, 0.1) is 5.41 Å². The molecule has 0 N–H and O–H groups in total. The van der Waals surface area contributed by atoms with E-state index >= 15 is 0 Å². The van der Waals surface area contributed by atoms with E-state index in [1.165, 1.54) is 11.1 Å². The second-order valence-corrected chi connectivity index (χ2v) is 7.32. The summed E-state index contributed by atoms with van der Waals surface area (Å²) in [6, 6.07) is 8.70. The van der Waals surface area contributed by atoms with Gasteiger partial charge in [-0.25, -0.2) is 0 Å². The van der Waals surface area contributed by atoms with E-state index in [0.717, 1.165) is 19.3 Å². The van der Waals surface area contributed by atoms with Crippen LogP contribution in [0.1, 0.15) is 65.0 Å². The van der Waals surface area contributed by atoms with Gasteiger partial charge < -0.3 is 0 Å². The molecule has 1 nitrogen and oxygen atoms in total. The van der Waals surface area contributed by atoms with Crippen LogP contribution in [0.3, 0.4) is 0 Å². The molecule has 1 fully saturated rings. The first-order valence-electron chi connectivity index (χ1n) is 7.40. The van der Waals surface area contributed by atoms with Crippen molar-refractivity contribution in [2.45, 2.75) is 64.7 Å². The summed E-state index contributed by atoms with van der Waals surface area (Å²) in [6.07, 6.45) is 3.20. The molecule has 1 aliphatic rings.